The minimum absolute atomic E-state index is 0. The second-order valence-electron chi connectivity index (χ2n) is 7.25. The van der Waals surface area contributed by atoms with Crippen molar-refractivity contribution < 1.29 is 0 Å². The molecule has 1 aromatic heterocycles. The first-order valence-electron chi connectivity index (χ1n) is 10.0. The van der Waals surface area contributed by atoms with Crippen LogP contribution in [0, 0.1) is 0 Å². The molecule has 3 aromatic rings. The number of imidazole rings is 1. The van der Waals surface area contributed by atoms with Crippen molar-refractivity contribution in [1.82, 2.24) is 9.55 Å². The zero-order chi connectivity index (χ0) is 19.2. The van der Waals surface area contributed by atoms with Gasteiger partial charge >= 0.3 is 0 Å². The Hall–Kier alpha value is -2.35. The highest BCUT2D eigenvalue weighted by atomic mass is 127. The first kappa shape index (κ1) is 21.4. The minimum Gasteiger partial charge on any atom is -0.370 e. The van der Waals surface area contributed by atoms with E-state index in [0.29, 0.717) is 12.5 Å². The number of hydrogen-bond donors (Lipinski definition) is 2. The van der Waals surface area contributed by atoms with E-state index in [2.05, 4.69) is 62.3 Å². The Morgan fingerprint density at radius 3 is 2.76 bits per heavy atom. The van der Waals surface area contributed by atoms with E-state index < -0.39 is 0 Å². The summed E-state index contributed by atoms with van der Waals surface area (Å²) in [6.45, 7) is 1.43. The van der Waals surface area contributed by atoms with Crippen LogP contribution in [0.25, 0.3) is 0 Å². The molecule has 0 aliphatic heterocycles. The molecule has 0 amide bonds. The van der Waals surface area contributed by atoms with Crippen molar-refractivity contribution >= 4 is 35.6 Å². The third kappa shape index (κ3) is 5.59. The lowest BCUT2D eigenvalue weighted by molar-refractivity contribution is 0.687. The van der Waals surface area contributed by atoms with E-state index in [1.807, 2.05) is 18.5 Å². The molecule has 1 aliphatic carbocycles. The summed E-state index contributed by atoms with van der Waals surface area (Å²) < 4.78 is 2.17. The number of fused-ring (bicyclic) bond motifs is 1. The summed E-state index contributed by atoms with van der Waals surface area (Å²) in [6, 6.07) is 16.8. The van der Waals surface area contributed by atoms with Crippen molar-refractivity contribution in [2.75, 3.05) is 11.9 Å². The molecule has 4 rings (SSSR count). The molecule has 1 aliphatic rings. The first-order chi connectivity index (χ1) is 13.8. The van der Waals surface area contributed by atoms with Crippen molar-refractivity contribution in [1.29, 1.82) is 0 Å². The number of hydrogen-bond acceptors (Lipinski definition) is 2. The maximum atomic E-state index is 6.15. The number of guanidine groups is 1. The molecule has 5 nitrogen and oxygen atoms in total. The van der Waals surface area contributed by atoms with Crippen LogP contribution in [0.1, 0.15) is 35.4 Å². The second-order valence-corrected chi connectivity index (χ2v) is 7.25. The van der Waals surface area contributed by atoms with Gasteiger partial charge in [0.25, 0.3) is 0 Å². The molecule has 29 heavy (non-hydrogen) atoms. The van der Waals surface area contributed by atoms with Gasteiger partial charge in [0.1, 0.15) is 5.82 Å². The van der Waals surface area contributed by atoms with Gasteiger partial charge < -0.3 is 15.6 Å². The Balaban J connectivity index is 0.00000240. The van der Waals surface area contributed by atoms with Gasteiger partial charge in [-0.15, -0.1) is 24.0 Å². The van der Waals surface area contributed by atoms with Gasteiger partial charge in [-0.05, 0) is 48.4 Å². The number of nitrogens with two attached hydrogens (primary N) is 1. The molecule has 0 saturated carbocycles. The SMILES string of the molecule is I.NC(=NCCc1nccn1Cc1ccccc1)Nc1cccc2c1CCCC2. The molecule has 1 heterocycles. The number of benzene rings is 2. The molecule has 2 aromatic carbocycles. The van der Waals surface area contributed by atoms with Crippen LogP contribution in [-0.4, -0.2) is 22.1 Å². The highest BCUT2D eigenvalue weighted by molar-refractivity contribution is 14.0. The number of anilines is 1. The highest BCUT2D eigenvalue weighted by Gasteiger charge is 2.13. The summed E-state index contributed by atoms with van der Waals surface area (Å²) in [5, 5.41) is 3.31. The van der Waals surface area contributed by atoms with Crippen LogP contribution >= 0.6 is 24.0 Å². The molecule has 0 unspecified atom stereocenters. The monoisotopic (exact) mass is 501 g/mol. The van der Waals surface area contributed by atoms with E-state index >= 15 is 0 Å². The first-order valence-corrected chi connectivity index (χ1v) is 10.0. The average molecular weight is 501 g/mol. The standard InChI is InChI=1S/C23H27N5.HI/c24-23(27-21-12-6-10-19-9-4-5-11-20(19)21)26-14-13-22-25-15-16-28(22)17-18-7-2-1-3-8-18;/h1-3,6-8,10,12,15-16H,4-5,9,11,13-14,17H2,(H3,24,26,27);1H. The van der Waals surface area contributed by atoms with Gasteiger partial charge in [-0.3, -0.25) is 4.99 Å². The second kappa shape index (κ2) is 10.4. The predicted molar refractivity (Wildman–Crippen MR) is 130 cm³/mol. The van der Waals surface area contributed by atoms with Crippen molar-refractivity contribution in [3.63, 3.8) is 0 Å². The van der Waals surface area contributed by atoms with Gasteiger partial charge in [0, 0.05) is 37.6 Å². The molecule has 0 bridgehead atoms. The molecule has 0 atom stereocenters. The third-order valence-electron chi connectivity index (χ3n) is 5.27. The lowest BCUT2D eigenvalue weighted by Crippen LogP contribution is -2.24. The van der Waals surface area contributed by atoms with Crippen molar-refractivity contribution in [3.05, 3.63) is 83.4 Å². The normalized spacial score (nSPS) is 13.4. The smallest absolute Gasteiger partial charge is 0.193 e. The zero-order valence-electron chi connectivity index (χ0n) is 16.6. The van der Waals surface area contributed by atoms with E-state index in [4.69, 9.17) is 5.73 Å². The van der Waals surface area contributed by atoms with Crippen molar-refractivity contribution in [2.24, 2.45) is 10.7 Å². The van der Waals surface area contributed by atoms with Gasteiger partial charge in [-0.1, -0.05) is 42.5 Å². The number of halogens is 1. The van der Waals surface area contributed by atoms with Gasteiger partial charge in [-0.25, -0.2) is 4.98 Å². The van der Waals surface area contributed by atoms with Crippen molar-refractivity contribution in [3.8, 4) is 0 Å². The van der Waals surface area contributed by atoms with Gasteiger partial charge in [0.2, 0.25) is 0 Å². The molecule has 152 valence electrons. The van der Waals surface area contributed by atoms with Crippen LogP contribution in [0.15, 0.2) is 65.9 Å². The fourth-order valence-electron chi connectivity index (χ4n) is 3.84. The molecule has 6 heteroatoms. The quantitative estimate of drug-likeness (QED) is 0.299. The molecule has 0 spiro atoms. The summed E-state index contributed by atoms with van der Waals surface area (Å²) in [6.07, 6.45) is 9.41. The van der Waals surface area contributed by atoms with E-state index in [0.717, 1.165) is 37.3 Å². The molecule has 0 saturated heterocycles. The Morgan fingerprint density at radius 1 is 1.07 bits per heavy atom. The number of rotatable bonds is 6. The maximum absolute atomic E-state index is 6.15. The van der Waals surface area contributed by atoms with Crippen LogP contribution in [0.3, 0.4) is 0 Å². The summed E-state index contributed by atoms with van der Waals surface area (Å²) in [4.78, 5) is 9.00. The Morgan fingerprint density at radius 2 is 1.90 bits per heavy atom. The van der Waals surface area contributed by atoms with Crippen LogP contribution < -0.4 is 11.1 Å². The predicted octanol–water partition coefficient (Wildman–Crippen LogP) is 4.40. The highest BCUT2D eigenvalue weighted by Crippen LogP contribution is 2.27. The number of aryl methyl sites for hydroxylation is 1. The van der Waals surface area contributed by atoms with E-state index in [1.54, 1.807) is 0 Å². The summed E-state index contributed by atoms with van der Waals surface area (Å²) in [5.41, 5.74) is 11.3. The molecular weight excluding hydrogens is 473 g/mol. The summed E-state index contributed by atoms with van der Waals surface area (Å²) in [5.74, 6) is 1.50. The fraction of sp³-hybridized carbons (Fsp3) is 0.304. The molecular formula is C23H28IN5. The Kier molecular flexibility index (Phi) is 7.69. The lowest BCUT2D eigenvalue weighted by atomic mass is 9.90. The number of nitrogens with one attached hydrogen (secondary N) is 1. The Bertz CT molecular complexity index is 949. The summed E-state index contributed by atoms with van der Waals surface area (Å²) in [7, 11) is 0. The molecule has 0 fully saturated rings. The van der Waals surface area contributed by atoms with Crippen LogP contribution in [0.2, 0.25) is 0 Å². The molecule has 0 radical (unpaired) electrons. The van der Waals surface area contributed by atoms with Crippen LogP contribution in [0.5, 0.6) is 0 Å². The number of aliphatic imine (C=N–C) groups is 1. The zero-order valence-corrected chi connectivity index (χ0v) is 18.9. The lowest BCUT2D eigenvalue weighted by Gasteiger charge is -2.19. The summed E-state index contributed by atoms with van der Waals surface area (Å²) >= 11 is 0. The van der Waals surface area contributed by atoms with E-state index in [9.17, 15) is 0 Å². The number of nitrogens with zero attached hydrogens (tertiary/aromatic N) is 3. The average Bonchev–Trinajstić information content (AvgIpc) is 3.16. The van der Waals surface area contributed by atoms with Crippen molar-refractivity contribution in [2.45, 2.75) is 38.6 Å². The van der Waals surface area contributed by atoms with Gasteiger partial charge in [0.05, 0.1) is 0 Å². The van der Waals surface area contributed by atoms with Crippen LogP contribution in [-0.2, 0) is 25.8 Å². The maximum Gasteiger partial charge on any atom is 0.193 e. The Labute approximate surface area is 189 Å². The van der Waals surface area contributed by atoms with Crippen LogP contribution in [0.4, 0.5) is 5.69 Å². The number of aromatic nitrogens is 2. The van der Waals surface area contributed by atoms with E-state index in [-0.39, 0.29) is 24.0 Å². The third-order valence-corrected chi connectivity index (χ3v) is 5.27. The minimum atomic E-state index is 0. The van der Waals surface area contributed by atoms with Gasteiger partial charge in [-0.2, -0.15) is 0 Å². The van der Waals surface area contributed by atoms with E-state index in [1.165, 1.54) is 29.5 Å². The fourth-order valence-corrected chi connectivity index (χ4v) is 3.84. The largest absolute Gasteiger partial charge is 0.370 e. The molecule has 3 N–H and O–H groups in total. The topological polar surface area (TPSA) is 68.2 Å². The van der Waals surface area contributed by atoms with Gasteiger partial charge in [0.15, 0.2) is 5.96 Å².